The largest absolute Gasteiger partial charge is 0.552 e. The summed E-state index contributed by atoms with van der Waals surface area (Å²) in [7, 11) is -0.901. The topological polar surface area (TPSA) is 9.23 Å². The third kappa shape index (κ3) is 8.33. The molecule has 0 aromatic carbocycles. The molecule has 0 amide bonds. The van der Waals surface area contributed by atoms with Gasteiger partial charge in [-0.15, -0.1) is 0 Å². The first-order valence-corrected chi connectivity index (χ1v) is 7.88. The SMILES string of the molecule is C[SiH](C)OC=C(Br)CC(C)(C)C. The molecule has 1 nitrogen and oxygen atoms in total. The van der Waals surface area contributed by atoms with Gasteiger partial charge in [0.05, 0.1) is 6.26 Å². The molecule has 0 unspecified atom stereocenters. The molecule has 0 aliphatic carbocycles. The average Bonchev–Trinajstić information content (AvgIpc) is 1.79. The van der Waals surface area contributed by atoms with E-state index in [0.717, 1.165) is 10.9 Å². The van der Waals surface area contributed by atoms with Crippen molar-refractivity contribution in [1.82, 2.24) is 0 Å². The summed E-state index contributed by atoms with van der Waals surface area (Å²) in [6.45, 7) is 11.0. The third-order valence-corrected chi connectivity index (χ3v) is 2.31. The van der Waals surface area contributed by atoms with Crippen LogP contribution in [0.3, 0.4) is 0 Å². The van der Waals surface area contributed by atoms with Crippen LogP contribution in [-0.4, -0.2) is 9.04 Å². The van der Waals surface area contributed by atoms with Crippen molar-refractivity contribution in [2.45, 2.75) is 40.3 Å². The van der Waals surface area contributed by atoms with Crippen molar-refractivity contribution in [1.29, 1.82) is 0 Å². The van der Waals surface area contributed by atoms with Gasteiger partial charge in [-0.3, -0.25) is 0 Å². The normalized spacial score (nSPS) is 13.8. The number of allylic oxidation sites excluding steroid dienone is 1. The maximum Gasteiger partial charge on any atom is 0.228 e. The molecular weight excluding hydrogens is 232 g/mol. The van der Waals surface area contributed by atoms with E-state index in [1.807, 2.05) is 6.26 Å². The number of hydrogen-bond acceptors (Lipinski definition) is 1. The van der Waals surface area contributed by atoms with Crippen molar-refractivity contribution >= 4 is 25.0 Å². The van der Waals surface area contributed by atoms with Crippen LogP contribution in [0.4, 0.5) is 0 Å². The lowest BCUT2D eigenvalue weighted by atomic mass is 9.92. The van der Waals surface area contributed by atoms with E-state index >= 15 is 0 Å². The van der Waals surface area contributed by atoms with Crippen LogP contribution in [0, 0.1) is 5.41 Å². The van der Waals surface area contributed by atoms with E-state index in [4.69, 9.17) is 4.43 Å². The molecule has 0 rings (SSSR count). The van der Waals surface area contributed by atoms with Gasteiger partial charge in [-0.05, 0) is 24.9 Å². The van der Waals surface area contributed by atoms with E-state index in [2.05, 4.69) is 49.8 Å². The highest BCUT2D eigenvalue weighted by atomic mass is 79.9. The fourth-order valence-corrected chi connectivity index (χ4v) is 2.34. The molecule has 72 valence electrons. The van der Waals surface area contributed by atoms with Gasteiger partial charge in [0.2, 0.25) is 9.04 Å². The molecule has 0 spiro atoms. The van der Waals surface area contributed by atoms with Crippen molar-refractivity contribution in [2.24, 2.45) is 5.41 Å². The van der Waals surface area contributed by atoms with E-state index in [1.54, 1.807) is 0 Å². The molecule has 12 heavy (non-hydrogen) atoms. The molecule has 0 saturated heterocycles. The van der Waals surface area contributed by atoms with Crippen LogP contribution in [0.5, 0.6) is 0 Å². The summed E-state index contributed by atoms with van der Waals surface area (Å²) in [4.78, 5) is 0. The van der Waals surface area contributed by atoms with Crippen LogP contribution in [-0.2, 0) is 4.43 Å². The Morgan fingerprint density at radius 1 is 1.42 bits per heavy atom. The Hall–Kier alpha value is 0.237. The molecule has 0 aromatic rings. The van der Waals surface area contributed by atoms with Gasteiger partial charge < -0.3 is 4.43 Å². The highest BCUT2D eigenvalue weighted by Gasteiger charge is 2.11. The van der Waals surface area contributed by atoms with E-state index in [9.17, 15) is 0 Å². The summed E-state index contributed by atoms with van der Waals surface area (Å²) in [6, 6.07) is 0. The lowest BCUT2D eigenvalue weighted by Gasteiger charge is -2.17. The van der Waals surface area contributed by atoms with Gasteiger partial charge >= 0.3 is 0 Å². The second-order valence-electron chi connectivity index (χ2n) is 4.49. The second kappa shape index (κ2) is 5.07. The molecular formula is C9H19BrOSi. The van der Waals surface area contributed by atoms with E-state index in [-0.39, 0.29) is 0 Å². The molecule has 0 N–H and O–H groups in total. The summed E-state index contributed by atoms with van der Waals surface area (Å²) >= 11 is 3.50. The zero-order chi connectivity index (χ0) is 9.78. The van der Waals surface area contributed by atoms with Crippen molar-refractivity contribution in [3.8, 4) is 0 Å². The zero-order valence-corrected chi connectivity index (χ0v) is 11.4. The zero-order valence-electron chi connectivity index (χ0n) is 8.65. The fourth-order valence-electron chi connectivity index (χ4n) is 0.758. The summed E-state index contributed by atoms with van der Waals surface area (Å²) in [6.07, 6.45) is 2.90. The van der Waals surface area contributed by atoms with E-state index in [0.29, 0.717) is 5.41 Å². The van der Waals surface area contributed by atoms with Crippen molar-refractivity contribution in [3.05, 3.63) is 10.7 Å². The van der Waals surface area contributed by atoms with Crippen LogP contribution < -0.4 is 0 Å². The lowest BCUT2D eigenvalue weighted by Crippen LogP contribution is -2.06. The smallest absolute Gasteiger partial charge is 0.228 e. The first-order valence-electron chi connectivity index (χ1n) is 4.31. The van der Waals surface area contributed by atoms with Crippen molar-refractivity contribution < 1.29 is 4.43 Å². The molecule has 0 aromatic heterocycles. The Labute approximate surface area is 86.1 Å². The van der Waals surface area contributed by atoms with Gasteiger partial charge in [-0.25, -0.2) is 0 Å². The predicted octanol–water partition coefficient (Wildman–Crippen LogP) is 3.66. The molecule has 0 aliphatic heterocycles. The maximum absolute atomic E-state index is 5.48. The average molecular weight is 251 g/mol. The molecule has 0 fully saturated rings. The summed E-state index contributed by atoms with van der Waals surface area (Å²) in [5.74, 6) is 0. The van der Waals surface area contributed by atoms with Gasteiger partial charge in [0.25, 0.3) is 0 Å². The standard InChI is InChI=1S/C9H19BrOSi/c1-9(2,3)6-8(10)7-11-12(4)5/h7,12H,6H2,1-5H3. The fraction of sp³-hybridized carbons (Fsp3) is 0.778. The predicted molar refractivity (Wildman–Crippen MR) is 61.0 cm³/mol. The summed E-state index contributed by atoms with van der Waals surface area (Å²) in [5.41, 5.74) is 0.331. The first kappa shape index (κ1) is 12.2. The van der Waals surface area contributed by atoms with Gasteiger partial charge in [0, 0.05) is 4.48 Å². The molecule has 0 heterocycles. The highest BCUT2D eigenvalue weighted by Crippen LogP contribution is 2.27. The Morgan fingerprint density at radius 2 is 1.92 bits per heavy atom. The molecule has 0 aliphatic rings. The number of halogens is 1. The minimum atomic E-state index is -0.901. The van der Waals surface area contributed by atoms with Crippen LogP contribution in [0.25, 0.3) is 0 Å². The third-order valence-electron chi connectivity index (χ3n) is 1.17. The Bertz CT molecular complexity index is 158. The molecule has 0 bridgehead atoms. The summed E-state index contributed by atoms with van der Waals surface area (Å²) < 4.78 is 6.64. The van der Waals surface area contributed by atoms with Crippen LogP contribution >= 0.6 is 15.9 Å². The van der Waals surface area contributed by atoms with Crippen molar-refractivity contribution in [3.63, 3.8) is 0 Å². The Kier molecular flexibility index (Phi) is 5.17. The van der Waals surface area contributed by atoms with Crippen molar-refractivity contribution in [2.75, 3.05) is 0 Å². The molecule has 0 atom stereocenters. The van der Waals surface area contributed by atoms with E-state index in [1.165, 1.54) is 0 Å². The van der Waals surface area contributed by atoms with Gasteiger partial charge in [0.1, 0.15) is 0 Å². The first-order chi connectivity index (χ1) is 5.31. The monoisotopic (exact) mass is 250 g/mol. The minimum Gasteiger partial charge on any atom is -0.552 e. The quantitative estimate of drug-likeness (QED) is 0.549. The maximum atomic E-state index is 5.48. The number of rotatable bonds is 3. The second-order valence-corrected chi connectivity index (χ2v) is 7.88. The number of hydrogen-bond donors (Lipinski definition) is 0. The van der Waals surface area contributed by atoms with Gasteiger partial charge in [0.15, 0.2) is 0 Å². The van der Waals surface area contributed by atoms with Gasteiger partial charge in [-0.2, -0.15) is 0 Å². The summed E-state index contributed by atoms with van der Waals surface area (Å²) in [5, 5.41) is 0. The molecule has 0 radical (unpaired) electrons. The Morgan fingerprint density at radius 3 is 2.25 bits per heavy atom. The van der Waals surface area contributed by atoms with E-state index < -0.39 is 9.04 Å². The molecule has 0 saturated carbocycles. The molecule has 3 heteroatoms. The Balaban J connectivity index is 3.86. The van der Waals surface area contributed by atoms with Crippen LogP contribution in [0.2, 0.25) is 13.1 Å². The van der Waals surface area contributed by atoms with Gasteiger partial charge in [-0.1, -0.05) is 36.7 Å². The van der Waals surface area contributed by atoms with Crippen LogP contribution in [0.1, 0.15) is 27.2 Å². The van der Waals surface area contributed by atoms with Crippen LogP contribution in [0.15, 0.2) is 10.7 Å². The lowest BCUT2D eigenvalue weighted by molar-refractivity contribution is 0.409. The minimum absolute atomic E-state index is 0.331. The highest BCUT2D eigenvalue weighted by molar-refractivity contribution is 9.11.